The smallest absolute Gasteiger partial charge is 0.475 e. The van der Waals surface area contributed by atoms with Gasteiger partial charge in [-0.05, 0) is 67.2 Å². The summed E-state index contributed by atoms with van der Waals surface area (Å²) < 4.78 is 31.7. The molecule has 7 heteroatoms. The number of fused-ring (bicyclic) bond motifs is 3. The molecule has 3 heterocycles. The third kappa shape index (κ3) is 4.97. The summed E-state index contributed by atoms with van der Waals surface area (Å²) in [5, 5.41) is 19.6. The Labute approximate surface area is 202 Å². The van der Waals surface area contributed by atoms with Crippen molar-refractivity contribution in [2.24, 2.45) is 5.41 Å². The van der Waals surface area contributed by atoms with Gasteiger partial charge in [0, 0.05) is 5.41 Å². The normalized spacial score (nSPS) is 23.0. The predicted molar refractivity (Wildman–Crippen MR) is 128 cm³/mol. The van der Waals surface area contributed by atoms with Crippen molar-refractivity contribution in [2.45, 2.75) is 31.0 Å². The molecular weight excluding hydrogens is 455 g/mol. The lowest BCUT2D eigenvalue weighted by molar-refractivity contribution is -0.192. The van der Waals surface area contributed by atoms with E-state index in [2.05, 4.69) is 77.7 Å². The SMILES string of the molecule is O=C(O)C(F)(F)F.OC(c1ccccc1)(c1cccc(-c2ccccc2)c1)C12CCN(CC1)CC2. The van der Waals surface area contributed by atoms with Crippen molar-refractivity contribution in [3.63, 3.8) is 0 Å². The number of carboxylic acid groups (broad SMARTS) is 1. The Hall–Kier alpha value is -3.16. The van der Waals surface area contributed by atoms with Crippen molar-refractivity contribution in [1.82, 2.24) is 4.90 Å². The number of hydrogen-bond acceptors (Lipinski definition) is 3. The van der Waals surface area contributed by atoms with Gasteiger partial charge in [-0.2, -0.15) is 13.2 Å². The standard InChI is InChI=1S/C26H27NO.C2HF3O2/c28-26(23-11-5-2-6-12-23,25-14-17-27(18-15-25)19-16-25)24-13-7-10-22(20-24)21-8-3-1-4-9-21;3-2(4,5)1(6)7/h1-13,20,28H,14-19H2;(H,6,7). The van der Waals surface area contributed by atoms with Gasteiger partial charge in [0.1, 0.15) is 5.60 Å². The van der Waals surface area contributed by atoms with Crippen molar-refractivity contribution in [3.05, 3.63) is 96.1 Å². The molecule has 0 amide bonds. The fraction of sp³-hybridized carbons (Fsp3) is 0.321. The van der Waals surface area contributed by atoms with Crippen LogP contribution in [0.2, 0.25) is 0 Å². The molecule has 0 aliphatic carbocycles. The fourth-order valence-electron chi connectivity index (χ4n) is 5.38. The number of piperidine rings is 3. The Morgan fingerprint density at radius 3 is 1.71 bits per heavy atom. The maximum Gasteiger partial charge on any atom is 0.490 e. The van der Waals surface area contributed by atoms with Gasteiger partial charge in [-0.1, -0.05) is 78.9 Å². The Morgan fingerprint density at radius 1 is 0.743 bits per heavy atom. The molecular formula is C28H28F3NO3. The molecule has 0 spiro atoms. The van der Waals surface area contributed by atoms with Crippen LogP contribution in [0.1, 0.15) is 30.4 Å². The first-order valence-corrected chi connectivity index (χ1v) is 11.6. The number of aliphatic hydroxyl groups is 1. The molecule has 4 nitrogen and oxygen atoms in total. The Balaban J connectivity index is 0.000000364. The van der Waals surface area contributed by atoms with Crippen molar-refractivity contribution in [1.29, 1.82) is 0 Å². The number of alkyl halides is 3. The van der Waals surface area contributed by atoms with E-state index in [9.17, 15) is 18.3 Å². The highest BCUT2D eigenvalue weighted by Crippen LogP contribution is 2.56. The van der Waals surface area contributed by atoms with Gasteiger partial charge in [-0.3, -0.25) is 0 Å². The van der Waals surface area contributed by atoms with Gasteiger partial charge >= 0.3 is 12.1 Å². The minimum atomic E-state index is -5.08. The van der Waals surface area contributed by atoms with E-state index in [0.717, 1.165) is 55.6 Å². The van der Waals surface area contributed by atoms with Crippen LogP contribution in [0.25, 0.3) is 11.1 Å². The average Bonchev–Trinajstić information content (AvgIpc) is 2.90. The number of nitrogens with zero attached hydrogens (tertiary/aromatic N) is 1. The van der Waals surface area contributed by atoms with Crippen molar-refractivity contribution in [3.8, 4) is 11.1 Å². The molecule has 3 aromatic rings. The third-order valence-electron chi connectivity index (χ3n) is 7.31. The molecule has 3 fully saturated rings. The van der Waals surface area contributed by atoms with E-state index < -0.39 is 17.7 Å². The quantitative estimate of drug-likeness (QED) is 0.499. The second-order valence-electron chi connectivity index (χ2n) is 9.20. The lowest BCUT2D eigenvalue weighted by Gasteiger charge is -2.56. The van der Waals surface area contributed by atoms with Crippen LogP contribution < -0.4 is 0 Å². The van der Waals surface area contributed by atoms with Crippen LogP contribution in [0.4, 0.5) is 13.2 Å². The topological polar surface area (TPSA) is 60.8 Å². The third-order valence-corrected chi connectivity index (χ3v) is 7.31. The highest BCUT2D eigenvalue weighted by molar-refractivity contribution is 5.73. The molecule has 35 heavy (non-hydrogen) atoms. The Morgan fingerprint density at radius 2 is 1.20 bits per heavy atom. The van der Waals surface area contributed by atoms with Gasteiger partial charge in [-0.15, -0.1) is 0 Å². The summed E-state index contributed by atoms with van der Waals surface area (Å²) in [7, 11) is 0. The van der Waals surface area contributed by atoms with Crippen LogP contribution in [-0.4, -0.2) is 46.9 Å². The zero-order valence-electron chi connectivity index (χ0n) is 19.2. The predicted octanol–water partition coefficient (Wildman–Crippen LogP) is 5.71. The first-order valence-electron chi connectivity index (χ1n) is 11.6. The molecule has 1 atom stereocenters. The molecule has 3 saturated heterocycles. The highest BCUT2D eigenvalue weighted by Gasteiger charge is 2.55. The number of carbonyl (C=O) groups is 1. The summed E-state index contributed by atoms with van der Waals surface area (Å²) >= 11 is 0. The zero-order valence-corrected chi connectivity index (χ0v) is 19.2. The van der Waals surface area contributed by atoms with Crippen molar-refractivity contribution in [2.75, 3.05) is 19.6 Å². The molecule has 2 bridgehead atoms. The number of aliphatic carboxylic acids is 1. The Kier molecular flexibility index (Phi) is 7.01. The Bertz CT molecular complexity index is 1130. The molecule has 184 valence electrons. The first-order chi connectivity index (χ1) is 16.7. The molecule has 3 aliphatic heterocycles. The number of benzene rings is 3. The van der Waals surface area contributed by atoms with Crippen LogP contribution in [0.5, 0.6) is 0 Å². The molecule has 1 unspecified atom stereocenters. The number of halogens is 3. The summed E-state index contributed by atoms with van der Waals surface area (Å²) in [6.07, 6.45) is -1.93. The summed E-state index contributed by atoms with van der Waals surface area (Å²) in [5.41, 5.74) is 3.34. The summed E-state index contributed by atoms with van der Waals surface area (Å²) in [4.78, 5) is 11.4. The van der Waals surface area contributed by atoms with E-state index in [1.54, 1.807) is 0 Å². The lowest BCUT2D eigenvalue weighted by Crippen LogP contribution is -2.58. The van der Waals surface area contributed by atoms with E-state index in [-0.39, 0.29) is 5.41 Å². The minimum absolute atomic E-state index is 0.0988. The molecule has 3 aliphatic rings. The van der Waals surface area contributed by atoms with Gasteiger partial charge in [0.2, 0.25) is 0 Å². The molecule has 0 radical (unpaired) electrons. The summed E-state index contributed by atoms with van der Waals surface area (Å²) in [5.74, 6) is -2.76. The number of hydrogen-bond donors (Lipinski definition) is 2. The van der Waals surface area contributed by atoms with Gasteiger partial charge in [0.15, 0.2) is 0 Å². The summed E-state index contributed by atoms with van der Waals surface area (Å²) in [6, 6.07) is 29.4. The molecule has 2 N–H and O–H groups in total. The van der Waals surface area contributed by atoms with E-state index in [1.807, 2.05) is 12.1 Å². The van der Waals surface area contributed by atoms with Crippen molar-refractivity contribution < 1.29 is 28.2 Å². The van der Waals surface area contributed by atoms with E-state index in [0.29, 0.717) is 0 Å². The molecule has 6 rings (SSSR count). The monoisotopic (exact) mass is 483 g/mol. The average molecular weight is 484 g/mol. The zero-order chi connectivity index (χ0) is 25.1. The van der Waals surface area contributed by atoms with Gasteiger partial charge in [0.05, 0.1) is 0 Å². The summed E-state index contributed by atoms with van der Waals surface area (Å²) in [6.45, 7) is 3.27. The van der Waals surface area contributed by atoms with E-state index in [4.69, 9.17) is 9.90 Å². The highest BCUT2D eigenvalue weighted by atomic mass is 19.4. The van der Waals surface area contributed by atoms with Crippen LogP contribution in [-0.2, 0) is 10.4 Å². The maximum atomic E-state index is 12.5. The van der Waals surface area contributed by atoms with Crippen LogP contribution >= 0.6 is 0 Å². The largest absolute Gasteiger partial charge is 0.490 e. The van der Waals surface area contributed by atoms with E-state index >= 15 is 0 Å². The fourth-order valence-corrected chi connectivity index (χ4v) is 5.38. The van der Waals surface area contributed by atoms with Crippen LogP contribution in [0.15, 0.2) is 84.9 Å². The molecule has 0 saturated carbocycles. The molecule has 3 aromatic carbocycles. The second-order valence-corrected chi connectivity index (χ2v) is 9.20. The lowest BCUT2D eigenvalue weighted by atomic mass is 9.57. The van der Waals surface area contributed by atoms with E-state index in [1.165, 1.54) is 5.56 Å². The first kappa shape index (κ1) is 24.9. The number of carboxylic acids is 1. The molecule has 0 aromatic heterocycles. The minimum Gasteiger partial charge on any atom is -0.475 e. The second kappa shape index (κ2) is 9.84. The van der Waals surface area contributed by atoms with Gasteiger partial charge < -0.3 is 15.1 Å². The van der Waals surface area contributed by atoms with Gasteiger partial charge in [-0.25, -0.2) is 4.79 Å². The van der Waals surface area contributed by atoms with Crippen molar-refractivity contribution >= 4 is 5.97 Å². The maximum absolute atomic E-state index is 12.5. The van der Waals surface area contributed by atoms with Crippen LogP contribution in [0.3, 0.4) is 0 Å². The van der Waals surface area contributed by atoms with Crippen LogP contribution in [0, 0.1) is 5.41 Å². The van der Waals surface area contributed by atoms with Gasteiger partial charge in [0.25, 0.3) is 0 Å². The number of rotatable bonds is 4.